The van der Waals surface area contributed by atoms with E-state index in [0.717, 1.165) is 0 Å². The summed E-state index contributed by atoms with van der Waals surface area (Å²) in [5, 5.41) is 7.85. The number of ether oxygens (including phenoxy) is 2. The average Bonchev–Trinajstić information content (AvgIpc) is 3.01. The first kappa shape index (κ1) is 17.5. The molecule has 1 aliphatic rings. The molecule has 0 N–H and O–H groups in total. The second-order valence-electron chi connectivity index (χ2n) is 4.82. The molecule has 0 saturated heterocycles. The molecule has 0 bridgehead atoms. The van der Waals surface area contributed by atoms with Crippen LogP contribution in [0.2, 0.25) is 4.43 Å². The molecule has 0 fully saturated rings. The molecular formula is C15H14HgN2O5. The van der Waals surface area contributed by atoms with E-state index in [1.54, 1.807) is 30.3 Å². The summed E-state index contributed by atoms with van der Waals surface area (Å²) in [5.41, 5.74) is 0.0798. The summed E-state index contributed by atoms with van der Waals surface area (Å²) in [7, 11) is 2.36. The Balaban J connectivity index is 2.63. The third-order valence-electron chi connectivity index (χ3n) is 3.66. The fourth-order valence-corrected chi connectivity index (χ4v) is 7.89. The number of esters is 2. The number of methoxy groups -OCH3 is 2. The summed E-state index contributed by atoms with van der Waals surface area (Å²) in [6.07, 6.45) is 0. The molecule has 0 saturated carbocycles. The zero-order chi connectivity index (χ0) is 17.0. The van der Waals surface area contributed by atoms with E-state index < -0.39 is 39.6 Å². The molecule has 1 aromatic rings. The minimum absolute atomic E-state index is 0.0927. The number of Topliss-reactive ketones (excluding diaryl/α,β-unsaturated/α-hetero) is 1. The van der Waals surface area contributed by atoms with Gasteiger partial charge >= 0.3 is 145 Å². The van der Waals surface area contributed by atoms with Gasteiger partial charge in [0.15, 0.2) is 0 Å². The van der Waals surface area contributed by atoms with Crippen LogP contribution < -0.4 is 0 Å². The van der Waals surface area contributed by atoms with Crippen LogP contribution in [0.1, 0.15) is 10.4 Å². The Morgan fingerprint density at radius 3 is 2.17 bits per heavy atom. The standard InChI is InChI=1S/C14H11N2O5.CH3.Hg/c1-20-13(18)9-10(15-16-11(9)14(19)21-2)12(17)8-6-4-3-5-7-8;;/h3-7H,1-2H3;1H3;. The maximum atomic E-state index is 13.0. The summed E-state index contributed by atoms with van der Waals surface area (Å²) >= 11 is -2.10. The van der Waals surface area contributed by atoms with Gasteiger partial charge < -0.3 is 0 Å². The molecule has 1 aliphatic heterocycles. The molecular weight excluding hydrogens is 489 g/mol. The van der Waals surface area contributed by atoms with Crippen LogP contribution >= 0.6 is 0 Å². The molecule has 0 aromatic heterocycles. The van der Waals surface area contributed by atoms with Crippen molar-refractivity contribution in [2.75, 3.05) is 14.2 Å². The number of nitrogens with zero attached hydrogens (tertiary/aromatic N) is 2. The SMILES string of the molecule is COC(=O)C1=C(C(=O)OC)[C]([Hg][CH3])(C(=O)c2ccccc2)N=N1. The zero-order valence-corrected chi connectivity index (χ0v) is 18.5. The maximum absolute atomic E-state index is 13.0. The van der Waals surface area contributed by atoms with Crippen molar-refractivity contribution in [3.8, 4) is 0 Å². The molecule has 23 heavy (non-hydrogen) atoms. The Hall–Kier alpha value is -1.89. The quantitative estimate of drug-likeness (QED) is 0.347. The topological polar surface area (TPSA) is 94.4 Å². The number of benzene rings is 1. The number of hydrogen-bond donors (Lipinski definition) is 0. The fraction of sp³-hybridized carbons (Fsp3) is 0.267. The molecule has 2 rings (SSSR count). The van der Waals surface area contributed by atoms with Gasteiger partial charge in [-0.05, 0) is 0 Å². The summed E-state index contributed by atoms with van der Waals surface area (Å²) in [6, 6.07) is 8.53. The second-order valence-corrected chi connectivity index (χ2v) is 11.5. The molecule has 1 atom stereocenters. The Morgan fingerprint density at radius 1 is 1.04 bits per heavy atom. The van der Waals surface area contributed by atoms with Gasteiger partial charge in [-0.3, -0.25) is 0 Å². The minimum atomic E-state index is -2.10. The summed E-state index contributed by atoms with van der Waals surface area (Å²) < 4.78 is 9.94. The van der Waals surface area contributed by atoms with Crippen LogP contribution in [0, 0.1) is 0 Å². The van der Waals surface area contributed by atoms with Crippen molar-refractivity contribution in [3.63, 3.8) is 0 Å². The third kappa shape index (κ3) is 2.97. The van der Waals surface area contributed by atoms with Crippen molar-refractivity contribution in [1.82, 2.24) is 0 Å². The molecule has 8 heteroatoms. The summed E-state index contributed by atoms with van der Waals surface area (Å²) in [4.78, 5) is 37.1. The van der Waals surface area contributed by atoms with Crippen molar-refractivity contribution < 1.29 is 48.4 Å². The number of rotatable bonds is 5. The van der Waals surface area contributed by atoms with Gasteiger partial charge in [0.05, 0.1) is 0 Å². The van der Waals surface area contributed by atoms with Crippen LogP contribution in [0.4, 0.5) is 0 Å². The summed E-state index contributed by atoms with van der Waals surface area (Å²) in [5.74, 6) is -1.91. The van der Waals surface area contributed by atoms with Crippen molar-refractivity contribution in [3.05, 3.63) is 47.2 Å². The number of azo groups is 1. The van der Waals surface area contributed by atoms with Crippen LogP contribution in [0.5, 0.6) is 0 Å². The first-order valence-corrected chi connectivity index (χ1v) is 15.2. The number of hydrogen-bond acceptors (Lipinski definition) is 7. The summed E-state index contributed by atoms with van der Waals surface area (Å²) in [6.45, 7) is 0. The van der Waals surface area contributed by atoms with E-state index in [2.05, 4.69) is 15.0 Å². The van der Waals surface area contributed by atoms with Crippen molar-refractivity contribution >= 4 is 17.7 Å². The Labute approximate surface area is 145 Å². The molecule has 116 valence electrons. The Bertz CT molecular complexity index is 714. The number of carbonyl (C=O) groups is 3. The molecule has 0 aliphatic carbocycles. The van der Waals surface area contributed by atoms with E-state index in [4.69, 9.17) is 4.74 Å². The van der Waals surface area contributed by atoms with Gasteiger partial charge in [0.1, 0.15) is 0 Å². The molecule has 7 nitrogen and oxygen atoms in total. The van der Waals surface area contributed by atoms with Crippen molar-refractivity contribution in [2.24, 2.45) is 10.2 Å². The monoisotopic (exact) mass is 504 g/mol. The van der Waals surface area contributed by atoms with E-state index in [9.17, 15) is 14.4 Å². The van der Waals surface area contributed by atoms with Gasteiger partial charge in [-0.1, -0.05) is 0 Å². The van der Waals surface area contributed by atoms with Gasteiger partial charge in [-0.25, -0.2) is 0 Å². The van der Waals surface area contributed by atoms with E-state index in [1.807, 2.05) is 4.43 Å². The third-order valence-corrected chi connectivity index (χ3v) is 10.8. The van der Waals surface area contributed by atoms with E-state index in [-0.39, 0.29) is 17.1 Å². The van der Waals surface area contributed by atoms with Crippen LogP contribution in [0.15, 0.2) is 51.8 Å². The Morgan fingerprint density at radius 2 is 1.65 bits per heavy atom. The predicted octanol–water partition coefficient (Wildman–Crippen LogP) is 1.76. The first-order chi connectivity index (χ1) is 11.0. The molecule has 0 radical (unpaired) electrons. The van der Waals surface area contributed by atoms with E-state index in [0.29, 0.717) is 5.56 Å². The van der Waals surface area contributed by atoms with Gasteiger partial charge in [-0.15, -0.1) is 0 Å². The van der Waals surface area contributed by atoms with Gasteiger partial charge in [0.25, 0.3) is 0 Å². The normalized spacial score (nSPS) is 19.3. The fourth-order valence-electron chi connectivity index (χ4n) is 2.43. The van der Waals surface area contributed by atoms with Crippen LogP contribution in [0.3, 0.4) is 0 Å². The average molecular weight is 503 g/mol. The van der Waals surface area contributed by atoms with Crippen LogP contribution in [0.25, 0.3) is 0 Å². The van der Waals surface area contributed by atoms with Crippen LogP contribution in [-0.4, -0.2) is 35.0 Å². The van der Waals surface area contributed by atoms with E-state index in [1.165, 1.54) is 14.2 Å². The van der Waals surface area contributed by atoms with Gasteiger partial charge in [0.2, 0.25) is 0 Å². The molecule has 1 unspecified atom stereocenters. The predicted molar refractivity (Wildman–Crippen MR) is 75.3 cm³/mol. The molecule has 1 heterocycles. The Kier molecular flexibility index (Phi) is 5.40. The van der Waals surface area contributed by atoms with Gasteiger partial charge in [0, 0.05) is 0 Å². The van der Waals surface area contributed by atoms with Gasteiger partial charge in [-0.2, -0.15) is 0 Å². The number of ketones is 1. The second kappa shape index (κ2) is 7.12. The van der Waals surface area contributed by atoms with E-state index >= 15 is 0 Å². The van der Waals surface area contributed by atoms with Crippen LogP contribution in [-0.2, 0) is 43.6 Å². The molecule has 0 amide bonds. The number of carbonyl (C=O) groups excluding carboxylic acids is 3. The molecule has 0 spiro atoms. The first-order valence-electron chi connectivity index (χ1n) is 6.96. The van der Waals surface area contributed by atoms with Crippen molar-refractivity contribution in [1.29, 1.82) is 0 Å². The zero-order valence-electron chi connectivity index (χ0n) is 13.0. The van der Waals surface area contributed by atoms with Crippen molar-refractivity contribution in [2.45, 2.75) is 7.48 Å². The molecule has 1 aromatic carbocycles.